The van der Waals surface area contributed by atoms with Crippen molar-refractivity contribution < 1.29 is 24.5 Å². The standard InChI is InChI=1S/C10H10ClN3O5/c11-9-12-2-1-7(13-9)19-5-3-6(8(15)16)14(4-5)10(17)18/h1-2,5-6H,3-4H2,(H,15,16)(H,17,18). The number of nitrogens with zero attached hydrogens (tertiary/aromatic N) is 3. The van der Waals surface area contributed by atoms with E-state index in [1.807, 2.05) is 0 Å². The van der Waals surface area contributed by atoms with E-state index in [2.05, 4.69) is 9.97 Å². The summed E-state index contributed by atoms with van der Waals surface area (Å²) in [7, 11) is 0. The predicted molar refractivity (Wildman–Crippen MR) is 62.2 cm³/mol. The highest BCUT2D eigenvalue weighted by Gasteiger charge is 2.41. The van der Waals surface area contributed by atoms with Gasteiger partial charge in [0.2, 0.25) is 11.2 Å². The second-order valence-corrected chi connectivity index (χ2v) is 4.27. The highest BCUT2D eigenvalue weighted by molar-refractivity contribution is 6.28. The molecule has 0 bridgehead atoms. The topological polar surface area (TPSA) is 113 Å². The summed E-state index contributed by atoms with van der Waals surface area (Å²) in [5, 5.41) is 17.9. The first-order valence-electron chi connectivity index (χ1n) is 5.35. The molecule has 1 amide bonds. The van der Waals surface area contributed by atoms with E-state index in [1.165, 1.54) is 12.3 Å². The Morgan fingerprint density at radius 3 is 2.74 bits per heavy atom. The van der Waals surface area contributed by atoms with Gasteiger partial charge in [-0.3, -0.25) is 4.90 Å². The number of halogens is 1. The Bertz CT molecular complexity index is 490. The van der Waals surface area contributed by atoms with Crippen LogP contribution in [0.5, 0.6) is 5.88 Å². The molecule has 2 atom stereocenters. The van der Waals surface area contributed by atoms with Gasteiger partial charge in [-0.1, -0.05) is 0 Å². The third-order valence-corrected chi connectivity index (χ3v) is 2.86. The van der Waals surface area contributed by atoms with Crippen LogP contribution in [-0.2, 0) is 4.79 Å². The fraction of sp³-hybridized carbons (Fsp3) is 0.400. The Morgan fingerprint density at radius 2 is 2.21 bits per heavy atom. The van der Waals surface area contributed by atoms with Gasteiger partial charge >= 0.3 is 12.1 Å². The number of carbonyl (C=O) groups is 2. The Hall–Kier alpha value is -2.09. The van der Waals surface area contributed by atoms with Crippen molar-refractivity contribution in [2.45, 2.75) is 18.6 Å². The molecular formula is C10H10ClN3O5. The lowest BCUT2D eigenvalue weighted by molar-refractivity contribution is -0.141. The van der Waals surface area contributed by atoms with E-state index >= 15 is 0 Å². The largest absolute Gasteiger partial charge is 0.480 e. The molecule has 0 aromatic carbocycles. The van der Waals surface area contributed by atoms with Crippen LogP contribution in [0.1, 0.15) is 6.42 Å². The average Bonchev–Trinajstić information content (AvgIpc) is 2.73. The Labute approximate surface area is 112 Å². The first-order valence-corrected chi connectivity index (χ1v) is 5.72. The van der Waals surface area contributed by atoms with Crippen molar-refractivity contribution in [1.29, 1.82) is 0 Å². The fourth-order valence-corrected chi connectivity index (χ4v) is 2.02. The summed E-state index contributed by atoms with van der Waals surface area (Å²) in [6.07, 6.45) is -0.422. The molecule has 2 heterocycles. The van der Waals surface area contributed by atoms with Crippen LogP contribution in [0.4, 0.5) is 4.79 Å². The van der Waals surface area contributed by atoms with Crippen LogP contribution >= 0.6 is 11.6 Å². The van der Waals surface area contributed by atoms with E-state index in [4.69, 9.17) is 26.6 Å². The SMILES string of the molecule is O=C(O)C1CC(Oc2ccnc(Cl)n2)CN1C(=O)O. The Morgan fingerprint density at radius 1 is 1.47 bits per heavy atom. The predicted octanol–water partition coefficient (Wildman–Crippen LogP) is 0.714. The molecule has 0 aliphatic carbocycles. The lowest BCUT2D eigenvalue weighted by Gasteiger charge is -2.16. The number of amides is 1. The van der Waals surface area contributed by atoms with Gasteiger partial charge in [0.1, 0.15) is 12.1 Å². The van der Waals surface area contributed by atoms with Crippen LogP contribution in [0, 0.1) is 0 Å². The number of ether oxygens (including phenoxy) is 1. The molecule has 1 saturated heterocycles. The third-order valence-electron chi connectivity index (χ3n) is 2.68. The summed E-state index contributed by atoms with van der Waals surface area (Å²) in [6, 6.07) is 0.352. The number of likely N-dealkylation sites (tertiary alicyclic amines) is 1. The molecule has 0 radical (unpaired) electrons. The molecule has 2 rings (SSSR count). The average molecular weight is 288 g/mol. The molecule has 1 fully saturated rings. The minimum Gasteiger partial charge on any atom is -0.480 e. The lowest BCUT2D eigenvalue weighted by atomic mass is 10.2. The van der Waals surface area contributed by atoms with E-state index < -0.39 is 24.2 Å². The van der Waals surface area contributed by atoms with Crippen molar-refractivity contribution in [3.05, 3.63) is 17.5 Å². The van der Waals surface area contributed by atoms with Crippen molar-refractivity contribution in [2.24, 2.45) is 0 Å². The maximum Gasteiger partial charge on any atom is 0.408 e. The summed E-state index contributed by atoms with van der Waals surface area (Å²) >= 11 is 5.59. The van der Waals surface area contributed by atoms with Gasteiger partial charge in [0.05, 0.1) is 6.54 Å². The molecule has 102 valence electrons. The van der Waals surface area contributed by atoms with E-state index in [0.717, 1.165) is 4.90 Å². The molecule has 1 aliphatic heterocycles. The van der Waals surface area contributed by atoms with Gasteiger partial charge in [0.15, 0.2) is 0 Å². The van der Waals surface area contributed by atoms with Crippen LogP contribution in [0.25, 0.3) is 0 Å². The van der Waals surface area contributed by atoms with Crippen LogP contribution in [0.15, 0.2) is 12.3 Å². The zero-order valence-corrected chi connectivity index (χ0v) is 10.3. The maximum absolute atomic E-state index is 11.0. The quantitative estimate of drug-likeness (QED) is 0.787. The van der Waals surface area contributed by atoms with E-state index in [9.17, 15) is 9.59 Å². The summed E-state index contributed by atoms with van der Waals surface area (Å²) < 4.78 is 5.41. The van der Waals surface area contributed by atoms with Crippen LogP contribution in [0.2, 0.25) is 5.28 Å². The first kappa shape index (κ1) is 13.3. The van der Waals surface area contributed by atoms with Crippen molar-refractivity contribution >= 4 is 23.7 Å². The molecule has 19 heavy (non-hydrogen) atoms. The number of hydrogen-bond acceptors (Lipinski definition) is 5. The molecule has 0 saturated carbocycles. The van der Waals surface area contributed by atoms with Crippen LogP contribution in [0.3, 0.4) is 0 Å². The highest BCUT2D eigenvalue weighted by Crippen LogP contribution is 2.22. The highest BCUT2D eigenvalue weighted by atomic mass is 35.5. The van der Waals surface area contributed by atoms with Crippen molar-refractivity contribution in [3.8, 4) is 5.88 Å². The number of carboxylic acid groups (broad SMARTS) is 2. The fourth-order valence-electron chi connectivity index (χ4n) is 1.88. The Kier molecular flexibility index (Phi) is 3.70. The summed E-state index contributed by atoms with van der Waals surface area (Å²) in [6.45, 7) is -0.0338. The first-order chi connectivity index (χ1) is 8.97. The Balaban J connectivity index is 2.07. The molecule has 9 heteroatoms. The van der Waals surface area contributed by atoms with Crippen molar-refractivity contribution in [1.82, 2.24) is 14.9 Å². The van der Waals surface area contributed by atoms with Gasteiger partial charge in [-0.2, -0.15) is 4.98 Å². The van der Waals surface area contributed by atoms with Gasteiger partial charge in [-0.25, -0.2) is 14.6 Å². The van der Waals surface area contributed by atoms with Crippen LogP contribution < -0.4 is 4.74 Å². The van der Waals surface area contributed by atoms with Gasteiger partial charge in [-0.05, 0) is 11.6 Å². The monoisotopic (exact) mass is 287 g/mol. The second-order valence-electron chi connectivity index (χ2n) is 3.93. The molecule has 8 nitrogen and oxygen atoms in total. The normalized spacial score (nSPS) is 22.3. The number of rotatable bonds is 3. The van der Waals surface area contributed by atoms with E-state index in [-0.39, 0.29) is 24.1 Å². The molecule has 1 aromatic rings. The van der Waals surface area contributed by atoms with Gasteiger partial charge < -0.3 is 14.9 Å². The molecule has 2 unspecified atom stereocenters. The van der Waals surface area contributed by atoms with Crippen molar-refractivity contribution in [2.75, 3.05) is 6.54 Å². The van der Waals surface area contributed by atoms with Gasteiger partial charge in [0.25, 0.3) is 0 Å². The molecule has 2 N–H and O–H groups in total. The van der Waals surface area contributed by atoms with Crippen molar-refractivity contribution in [3.63, 3.8) is 0 Å². The molecule has 1 aliphatic rings. The third kappa shape index (κ3) is 3.02. The minimum absolute atomic E-state index is 0.000345. The van der Waals surface area contributed by atoms with Crippen LogP contribution in [-0.4, -0.2) is 55.8 Å². The lowest BCUT2D eigenvalue weighted by Crippen LogP contribution is -2.39. The number of aromatic nitrogens is 2. The molecular weight excluding hydrogens is 278 g/mol. The maximum atomic E-state index is 11.0. The second kappa shape index (κ2) is 5.27. The smallest absolute Gasteiger partial charge is 0.408 e. The van der Waals surface area contributed by atoms with Gasteiger partial charge in [0, 0.05) is 18.7 Å². The summed E-state index contributed by atoms with van der Waals surface area (Å²) in [5.74, 6) is -1.02. The van der Waals surface area contributed by atoms with E-state index in [0.29, 0.717) is 0 Å². The van der Waals surface area contributed by atoms with Gasteiger partial charge in [-0.15, -0.1) is 0 Å². The molecule has 1 aromatic heterocycles. The molecule has 0 spiro atoms. The summed E-state index contributed by atoms with van der Waals surface area (Å²) in [4.78, 5) is 30.2. The zero-order valence-electron chi connectivity index (χ0n) is 9.56. The van der Waals surface area contributed by atoms with E-state index in [1.54, 1.807) is 0 Å². The number of carboxylic acids is 1. The summed E-state index contributed by atoms with van der Waals surface area (Å²) in [5.41, 5.74) is 0. The number of hydrogen-bond donors (Lipinski definition) is 2. The zero-order chi connectivity index (χ0) is 14.0. The minimum atomic E-state index is -1.29. The number of aliphatic carboxylic acids is 1.